The molecule has 0 unspecified atom stereocenters. The fourth-order valence-corrected chi connectivity index (χ4v) is 1.61. The highest BCUT2D eigenvalue weighted by atomic mass is 35.5. The number of aromatic nitrogens is 2. The molecule has 0 saturated heterocycles. The molecule has 2 aromatic rings. The van der Waals surface area contributed by atoms with Gasteiger partial charge in [-0.05, 0) is 24.1 Å². The average Bonchev–Trinajstić information content (AvgIpc) is 2.35. The van der Waals surface area contributed by atoms with Gasteiger partial charge in [0.05, 0.1) is 0 Å². The van der Waals surface area contributed by atoms with Crippen LogP contribution in [0.4, 0.5) is 17.2 Å². The zero-order valence-corrected chi connectivity index (χ0v) is 10.2. The lowest BCUT2D eigenvalue weighted by Crippen LogP contribution is -2.01. The lowest BCUT2D eigenvalue weighted by molar-refractivity contribution is 1.14. The third kappa shape index (κ3) is 2.65. The zero-order chi connectivity index (χ0) is 12.3. The quantitative estimate of drug-likeness (QED) is 0.820. The Bertz CT molecular complexity index is 528. The van der Waals surface area contributed by atoms with E-state index in [0.717, 1.165) is 12.1 Å². The molecule has 1 heterocycles. The topological polar surface area (TPSA) is 63.8 Å². The number of nitrogens with one attached hydrogen (secondary N) is 1. The molecule has 0 spiro atoms. The normalized spacial score (nSPS) is 10.2. The van der Waals surface area contributed by atoms with Crippen LogP contribution in [0.25, 0.3) is 0 Å². The molecule has 0 aliphatic rings. The van der Waals surface area contributed by atoms with E-state index in [9.17, 15) is 0 Å². The van der Waals surface area contributed by atoms with Crippen molar-refractivity contribution in [1.82, 2.24) is 9.97 Å². The van der Waals surface area contributed by atoms with Gasteiger partial charge in [-0.3, -0.25) is 0 Å². The number of rotatable bonds is 3. The molecule has 3 N–H and O–H groups in total. The smallest absolute Gasteiger partial charge is 0.158 e. The van der Waals surface area contributed by atoms with Crippen molar-refractivity contribution in [2.75, 3.05) is 11.1 Å². The summed E-state index contributed by atoms with van der Waals surface area (Å²) in [5.74, 6) is 0.526. The fourth-order valence-electron chi connectivity index (χ4n) is 1.48. The Morgan fingerprint density at radius 3 is 2.94 bits per heavy atom. The van der Waals surface area contributed by atoms with Gasteiger partial charge in [-0.25, -0.2) is 9.97 Å². The molecule has 0 saturated carbocycles. The number of benzene rings is 1. The molecule has 4 nitrogen and oxygen atoms in total. The van der Waals surface area contributed by atoms with Crippen LogP contribution in [0.5, 0.6) is 0 Å². The van der Waals surface area contributed by atoms with E-state index in [1.54, 1.807) is 0 Å². The van der Waals surface area contributed by atoms with E-state index in [1.165, 1.54) is 11.9 Å². The fraction of sp³-hybridized carbons (Fsp3) is 0.167. The summed E-state index contributed by atoms with van der Waals surface area (Å²) in [6.07, 6.45) is 2.36. The van der Waals surface area contributed by atoms with Crippen molar-refractivity contribution >= 4 is 28.8 Å². The molecular weight excluding hydrogens is 236 g/mol. The van der Waals surface area contributed by atoms with Gasteiger partial charge in [0.1, 0.15) is 12.0 Å². The minimum absolute atomic E-state index is 0.258. The van der Waals surface area contributed by atoms with Crippen LogP contribution in [-0.2, 0) is 6.42 Å². The molecule has 1 aromatic carbocycles. The van der Waals surface area contributed by atoms with Gasteiger partial charge in [0.2, 0.25) is 0 Å². The van der Waals surface area contributed by atoms with Crippen LogP contribution in [0.3, 0.4) is 0 Å². The molecule has 17 heavy (non-hydrogen) atoms. The van der Waals surface area contributed by atoms with Crippen molar-refractivity contribution < 1.29 is 0 Å². The van der Waals surface area contributed by atoms with Crippen LogP contribution in [0.2, 0.25) is 5.15 Å². The highest BCUT2D eigenvalue weighted by molar-refractivity contribution is 6.32. The van der Waals surface area contributed by atoms with Crippen LogP contribution < -0.4 is 11.1 Å². The standard InChI is InChI=1S/C12H13ClN4/c1-2-8-4-3-5-9(6-8)17-12-10(14)11(13)15-7-16-12/h3-7H,2,14H2,1H3,(H,15,16,17). The van der Waals surface area contributed by atoms with Crippen LogP contribution in [-0.4, -0.2) is 9.97 Å². The summed E-state index contributed by atoms with van der Waals surface area (Å²) in [5, 5.41) is 3.39. The maximum Gasteiger partial charge on any atom is 0.158 e. The summed E-state index contributed by atoms with van der Waals surface area (Å²) in [6, 6.07) is 8.06. The van der Waals surface area contributed by atoms with E-state index < -0.39 is 0 Å². The van der Waals surface area contributed by atoms with Gasteiger partial charge in [0, 0.05) is 5.69 Å². The van der Waals surface area contributed by atoms with E-state index >= 15 is 0 Å². The molecule has 2 rings (SSSR count). The van der Waals surface area contributed by atoms with Crippen LogP contribution >= 0.6 is 11.6 Å². The van der Waals surface area contributed by atoms with Crippen molar-refractivity contribution in [2.24, 2.45) is 0 Å². The molecule has 0 bridgehead atoms. The van der Waals surface area contributed by atoms with Gasteiger partial charge < -0.3 is 11.1 Å². The highest BCUT2D eigenvalue weighted by Gasteiger charge is 2.06. The van der Waals surface area contributed by atoms with Gasteiger partial charge in [-0.2, -0.15) is 0 Å². The van der Waals surface area contributed by atoms with Gasteiger partial charge in [0.25, 0.3) is 0 Å². The minimum atomic E-state index is 0.258. The lowest BCUT2D eigenvalue weighted by Gasteiger charge is -2.09. The lowest BCUT2D eigenvalue weighted by atomic mass is 10.1. The Labute approximate surface area is 105 Å². The number of nitrogens with zero attached hydrogens (tertiary/aromatic N) is 2. The molecule has 88 valence electrons. The first-order valence-electron chi connectivity index (χ1n) is 5.32. The largest absolute Gasteiger partial charge is 0.393 e. The minimum Gasteiger partial charge on any atom is -0.393 e. The summed E-state index contributed by atoms with van der Waals surface area (Å²) in [7, 11) is 0. The number of hydrogen-bond donors (Lipinski definition) is 2. The van der Waals surface area contributed by atoms with Gasteiger partial charge in [-0.1, -0.05) is 30.7 Å². The number of aryl methyl sites for hydroxylation is 1. The number of halogens is 1. The Kier molecular flexibility index (Phi) is 3.44. The molecule has 0 aliphatic heterocycles. The first-order valence-corrected chi connectivity index (χ1v) is 5.70. The third-order valence-electron chi connectivity index (χ3n) is 2.43. The van der Waals surface area contributed by atoms with Gasteiger partial charge in [0.15, 0.2) is 11.0 Å². The van der Waals surface area contributed by atoms with E-state index in [0.29, 0.717) is 11.5 Å². The van der Waals surface area contributed by atoms with E-state index in [-0.39, 0.29) is 5.15 Å². The van der Waals surface area contributed by atoms with Crippen molar-refractivity contribution in [3.8, 4) is 0 Å². The summed E-state index contributed by atoms with van der Waals surface area (Å²) in [5.41, 5.74) is 8.32. The van der Waals surface area contributed by atoms with Crippen molar-refractivity contribution in [3.63, 3.8) is 0 Å². The molecule has 0 radical (unpaired) electrons. The average molecular weight is 249 g/mol. The number of nitrogens with two attached hydrogens (primary N) is 1. The Hall–Kier alpha value is -1.81. The molecule has 0 amide bonds. The van der Waals surface area contributed by atoms with Crippen molar-refractivity contribution in [2.45, 2.75) is 13.3 Å². The number of anilines is 3. The maximum absolute atomic E-state index is 5.82. The second-order valence-electron chi connectivity index (χ2n) is 3.61. The van der Waals surface area contributed by atoms with E-state index in [4.69, 9.17) is 17.3 Å². The van der Waals surface area contributed by atoms with Crippen molar-refractivity contribution in [1.29, 1.82) is 0 Å². The maximum atomic E-state index is 5.82. The molecule has 1 aromatic heterocycles. The Morgan fingerprint density at radius 2 is 2.18 bits per heavy atom. The SMILES string of the molecule is CCc1cccc(Nc2ncnc(Cl)c2N)c1. The second-order valence-corrected chi connectivity index (χ2v) is 3.96. The number of nitrogen functional groups attached to an aromatic ring is 1. The monoisotopic (exact) mass is 248 g/mol. The first-order chi connectivity index (χ1) is 8.20. The molecular formula is C12H13ClN4. The summed E-state index contributed by atoms with van der Waals surface area (Å²) in [6.45, 7) is 2.11. The second kappa shape index (κ2) is 5.01. The highest BCUT2D eigenvalue weighted by Crippen LogP contribution is 2.25. The van der Waals surface area contributed by atoms with Gasteiger partial charge in [-0.15, -0.1) is 0 Å². The van der Waals surface area contributed by atoms with Gasteiger partial charge >= 0.3 is 0 Å². The summed E-state index contributed by atoms with van der Waals surface area (Å²) >= 11 is 5.82. The molecule has 0 fully saturated rings. The van der Waals surface area contributed by atoms with Crippen LogP contribution in [0.15, 0.2) is 30.6 Å². The number of hydrogen-bond acceptors (Lipinski definition) is 4. The predicted molar refractivity (Wildman–Crippen MR) is 70.6 cm³/mol. The van der Waals surface area contributed by atoms with E-state index in [2.05, 4.69) is 34.3 Å². The van der Waals surface area contributed by atoms with E-state index in [1.807, 2.05) is 12.1 Å². The summed E-state index contributed by atoms with van der Waals surface area (Å²) in [4.78, 5) is 7.86. The Balaban J connectivity index is 2.28. The van der Waals surface area contributed by atoms with Crippen LogP contribution in [0.1, 0.15) is 12.5 Å². The zero-order valence-electron chi connectivity index (χ0n) is 9.44. The Morgan fingerprint density at radius 1 is 1.35 bits per heavy atom. The molecule has 0 aliphatic carbocycles. The van der Waals surface area contributed by atoms with Crippen LogP contribution in [0, 0.1) is 0 Å². The predicted octanol–water partition coefficient (Wildman–Crippen LogP) is 3.02. The molecule has 0 atom stereocenters. The first kappa shape index (κ1) is 11.7. The molecule has 5 heteroatoms. The third-order valence-corrected chi connectivity index (χ3v) is 2.73. The summed E-state index contributed by atoms with van der Waals surface area (Å²) < 4.78 is 0. The van der Waals surface area contributed by atoms with Crippen molar-refractivity contribution in [3.05, 3.63) is 41.3 Å².